The minimum atomic E-state index is -4.65. The van der Waals surface area contributed by atoms with Gasteiger partial charge in [-0.25, -0.2) is 0 Å². The maximum absolute atomic E-state index is 11.8. The van der Waals surface area contributed by atoms with E-state index in [-0.39, 0.29) is 5.75 Å². The Kier molecular flexibility index (Phi) is 4.37. The minimum absolute atomic E-state index is 0.226. The van der Waals surface area contributed by atoms with Gasteiger partial charge in [-0.2, -0.15) is 0 Å². The molecule has 0 saturated carbocycles. The molecule has 0 aliphatic carbocycles. The molecule has 88 valence electrons. The van der Waals surface area contributed by atoms with Crippen molar-refractivity contribution in [2.45, 2.75) is 6.36 Å². The van der Waals surface area contributed by atoms with Gasteiger partial charge in [0, 0.05) is 7.11 Å². The molecule has 0 aromatic heterocycles. The number of benzene rings is 1. The van der Waals surface area contributed by atoms with E-state index in [4.69, 9.17) is 4.74 Å². The summed E-state index contributed by atoms with van der Waals surface area (Å²) >= 11 is 0. The summed E-state index contributed by atoms with van der Waals surface area (Å²) in [5, 5.41) is 0. The second-order valence-corrected chi connectivity index (χ2v) is 2.97. The van der Waals surface area contributed by atoms with Crippen molar-refractivity contribution < 1.29 is 22.6 Å². The van der Waals surface area contributed by atoms with Crippen LogP contribution in [0.4, 0.5) is 13.2 Å². The Balaban J connectivity index is 2.61. The average Bonchev–Trinajstić information content (AvgIpc) is 2.19. The number of hydrogen-bond acceptors (Lipinski definition) is 2. The SMILES string of the molecule is COC/C=C/c1ccc(OC(F)(F)F)cc1. The van der Waals surface area contributed by atoms with Crippen LogP contribution < -0.4 is 4.74 Å². The summed E-state index contributed by atoms with van der Waals surface area (Å²) in [6.07, 6.45) is -1.13. The van der Waals surface area contributed by atoms with Gasteiger partial charge in [0.05, 0.1) is 6.61 Å². The number of halogens is 3. The van der Waals surface area contributed by atoms with Crippen molar-refractivity contribution >= 4 is 6.08 Å². The van der Waals surface area contributed by atoms with Gasteiger partial charge in [-0.15, -0.1) is 13.2 Å². The minimum Gasteiger partial charge on any atom is -0.406 e. The fourth-order valence-corrected chi connectivity index (χ4v) is 1.06. The van der Waals surface area contributed by atoms with Crippen LogP contribution in [-0.4, -0.2) is 20.1 Å². The van der Waals surface area contributed by atoms with Crippen molar-refractivity contribution in [3.05, 3.63) is 35.9 Å². The molecule has 0 unspecified atom stereocenters. The number of rotatable bonds is 4. The summed E-state index contributed by atoms with van der Waals surface area (Å²) in [7, 11) is 1.56. The number of ether oxygens (including phenoxy) is 2. The predicted octanol–water partition coefficient (Wildman–Crippen LogP) is 3.24. The van der Waals surface area contributed by atoms with E-state index in [1.54, 1.807) is 19.3 Å². The molecule has 0 fully saturated rings. The molecular weight excluding hydrogens is 221 g/mol. The van der Waals surface area contributed by atoms with E-state index in [2.05, 4.69) is 4.74 Å². The summed E-state index contributed by atoms with van der Waals surface area (Å²) in [6, 6.07) is 5.60. The zero-order valence-electron chi connectivity index (χ0n) is 8.62. The van der Waals surface area contributed by atoms with Gasteiger partial charge in [-0.1, -0.05) is 24.3 Å². The molecular formula is C11H11F3O2. The van der Waals surface area contributed by atoms with Gasteiger partial charge in [-0.3, -0.25) is 0 Å². The maximum Gasteiger partial charge on any atom is 0.573 e. The molecule has 5 heteroatoms. The lowest BCUT2D eigenvalue weighted by molar-refractivity contribution is -0.274. The van der Waals surface area contributed by atoms with Crippen molar-refractivity contribution in [3.8, 4) is 5.75 Å². The summed E-state index contributed by atoms with van der Waals surface area (Å²) < 4.78 is 44.0. The van der Waals surface area contributed by atoms with E-state index in [1.165, 1.54) is 24.3 Å². The van der Waals surface area contributed by atoms with Crippen molar-refractivity contribution in [1.82, 2.24) is 0 Å². The van der Waals surface area contributed by atoms with Gasteiger partial charge in [0.1, 0.15) is 5.75 Å². The highest BCUT2D eigenvalue weighted by Gasteiger charge is 2.30. The normalized spacial score (nSPS) is 12.0. The van der Waals surface area contributed by atoms with Gasteiger partial charge < -0.3 is 9.47 Å². The van der Waals surface area contributed by atoms with Crippen LogP contribution in [0.3, 0.4) is 0 Å². The average molecular weight is 232 g/mol. The van der Waals surface area contributed by atoms with Gasteiger partial charge in [0.2, 0.25) is 0 Å². The molecule has 0 aliphatic rings. The summed E-state index contributed by atoms with van der Waals surface area (Å²) in [5.41, 5.74) is 0.784. The molecule has 0 atom stereocenters. The lowest BCUT2D eigenvalue weighted by Gasteiger charge is -2.08. The maximum atomic E-state index is 11.8. The highest BCUT2D eigenvalue weighted by molar-refractivity contribution is 5.50. The van der Waals surface area contributed by atoms with Crippen molar-refractivity contribution in [2.75, 3.05) is 13.7 Å². The van der Waals surface area contributed by atoms with E-state index in [0.29, 0.717) is 6.61 Å². The fraction of sp³-hybridized carbons (Fsp3) is 0.273. The van der Waals surface area contributed by atoms with Gasteiger partial charge in [0.25, 0.3) is 0 Å². The zero-order chi connectivity index (χ0) is 12.0. The monoisotopic (exact) mass is 232 g/mol. The molecule has 1 aromatic carbocycles. The number of alkyl halides is 3. The van der Waals surface area contributed by atoms with Crippen LogP contribution in [0.2, 0.25) is 0 Å². The quantitative estimate of drug-likeness (QED) is 0.793. The van der Waals surface area contributed by atoms with Gasteiger partial charge in [0.15, 0.2) is 0 Å². The Morgan fingerprint density at radius 2 is 1.81 bits per heavy atom. The fourth-order valence-electron chi connectivity index (χ4n) is 1.06. The lowest BCUT2D eigenvalue weighted by Crippen LogP contribution is -2.16. The first-order valence-electron chi connectivity index (χ1n) is 4.52. The van der Waals surface area contributed by atoms with Crippen molar-refractivity contribution in [3.63, 3.8) is 0 Å². The second-order valence-electron chi connectivity index (χ2n) is 2.97. The summed E-state index contributed by atoms with van der Waals surface area (Å²) in [5.74, 6) is -0.226. The molecule has 0 radical (unpaired) electrons. The van der Waals surface area contributed by atoms with Crippen LogP contribution in [0, 0.1) is 0 Å². The highest BCUT2D eigenvalue weighted by Crippen LogP contribution is 2.22. The standard InChI is InChI=1S/C11H11F3O2/c1-15-8-2-3-9-4-6-10(7-5-9)16-11(12,13)14/h2-7H,8H2,1H3/b3-2+. The number of methoxy groups -OCH3 is 1. The third kappa shape index (κ3) is 4.84. The second kappa shape index (κ2) is 5.55. The van der Waals surface area contributed by atoms with Crippen LogP contribution in [0.25, 0.3) is 6.08 Å². The van der Waals surface area contributed by atoms with Gasteiger partial charge >= 0.3 is 6.36 Å². The van der Waals surface area contributed by atoms with E-state index >= 15 is 0 Å². The molecule has 0 amide bonds. The Bertz CT molecular complexity index is 341. The molecule has 0 spiro atoms. The van der Waals surface area contributed by atoms with Crippen LogP contribution in [-0.2, 0) is 4.74 Å². The molecule has 0 heterocycles. The van der Waals surface area contributed by atoms with Crippen LogP contribution >= 0.6 is 0 Å². The first-order valence-corrected chi connectivity index (χ1v) is 4.52. The Labute approximate surface area is 91.3 Å². The van der Waals surface area contributed by atoms with Crippen LogP contribution in [0.1, 0.15) is 5.56 Å². The van der Waals surface area contributed by atoms with E-state index in [0.717, 1.165) is 5.56 Å². The first-order chi connectivity index (χ1) is 7.51. The predicted molar refractivity (Wildman–Crippen MR) is 54.0 cm³/mol. The molecule has 16 heavy (non-hydrogen) atoms. The van der Waals surface area contributed by atoms with Crippen molar-refractivity contribution in [2.24, 2.45) is 0 Å². The number of hydrogen-bond donors (Lipinski definition) is 0. The molecule has 0 saturated heterocycles. The van der Waals surface area contributed by atoms with Crippen LogP contribution in [0.5, 0.6) is 5.75 Å². The molecule has 0 N–H and O–H groups in total. The zero-order valence-corrected chi connectivity index (χ0v) is 8.62. The first kappa shape index (κ1) is 12.6. The smallest absolute Gasteiger partial charge is 0.406 e. The Morgan fingerprint density at radius 3 is 2.31 bits per heavy atom. The van der Waals surface area contributed by atoms with Crippen molar-refractivity contribution in [1.29, 1.82) is 0 Å². The van der Waals surface area contributed by atoms with Gasteiger partial charge in [-0.05, 0) is 17.7 Å². The Hall–Kier alpha value is -1.49. The molecule has 1 rings (SSSR count). The Morgan fingerprint density at radius 1 is 1.19 bits per heavy atom. The third-order valence-electron chi connectivity index (χ3n) is 1.69. The molecule has 1 aromatic rings. The van der Waals surface area contributed by atoms with E-state index in [9.17, 15) is 13.2 Å². The molecule has 0 aliphatic heterocycles. The van der Waals surface area contributed by atoms with E-state index in [1.807, 2.05) is 0 Å². The highest BCUT2D eigenvalue weighted by atomic mass is 19.4. The van der Waals surface area contributed by atoms with Crippen LogP contribution in [0.15, 0.2) is 30.3 Å². The summed E-state index contributed by atoms with van der Waals surface area (Å²) in [6.45, 7) is 0.459. The molecule has 2 nitrogen and oxygen atoms in total. The van der Waals surface area contributed by atoms with E-state index < -0.39 is 6.36 Å². The summed E-state index contributed by atoms with van der Waals surface area (Å²) in [4.78, 5) is 0. The molecule has 0 bridgehead atoms. The largest absolute Gasteiger partial charge is 0.573 e. The lowest BCUT2D eigenvalue weighted by atomic mass is 10.2. The topological polar surface area (TPSA) is 18.5 Å². The third-order valence-corrected chi connectivity index (χ3v) is 1.69.